The summed E-state index contributed by atoms with van der Waals surface area (Å²) in [6, 6.07) is 15.1. The molecule has 2 heterocycles. The van der Waals surface area contributed by atoms with Crippen LogP contribution >= 0.6 is 27.7 Å². The number of nitrogens with one attached hydrogen (secondary N) is 1. The van der Waals surface area contributed by atoms with Gasteiger partial charge in [-0.15, -0.1) is 0 Å². The highest BCUT2D eigenvalue weighted by molar-refractivity contribution is 9.10. The Labute approximate surface area is 159 Å². The zero-order chi connectivity index (χ0) is 17.6. The maximum absolute atomic E-state index is 12.7. The molecule has 0 radical (unpaired) electrons. The number of rotatable bonds is 6. The summed E-state index contributed by atoms with van der Waals surface area (Å²) < 4.78 is 6.26. The lowest BCUT2D eigenvalue weighted by atomic mass is 10.1. The first-order valence-electron chi connectivity index (χ1n) is 7.83. The van der Waals surface area contributed by atoms with E-state index < -0.39 is 0 Å². The van der Waals surface area contributed by atoms with E-state index in [9.17, 15) is 4.79 Å². The van der Waals surface area contributed by atoms with Crippen molar-refractivity contribution in [2.75, 3.05) is 0 Å². The van der Waals surface area contributed by atoms with Gasteiger partial charge in [0.25, 0.3) is 5.91 Å². The number of amides is 1. The number of carbonyl (C=O) groups excluding carboxylic acids is 1. The van der Waals surface area contributed by atoms with Gasteiger partial charge in [-0.05, 0) is 59.3 Å². The van der Waals surface area contributed by atoms with Crippen molar-refractivity contribution in [1.29, 1.82) is 0 Å². The first-order valence-corrected chi connectivity index (χ1v) is 9.44. The number of benzene rings is 1. The van der Waals surface area contributed by atoms with Gasteiger partial charge in [-0.1, -0.05) is 23.9 Å². The fourth-order valence-corrected chi connectivity index (χ4v) is 3.48. The van der Waals surface area contributed by atoms with Crippen molar-refractivity contribution in [3.63, 3.8) is 0 Å². The lowest BCUT2D eigenvalue weighted by Gasteiger charge is -2.14. The summed E-state index contributed by atoms with van der Waals surface area (Å²) in [7, 11) is 0. The Morgan fingerprint density at radius 2 is 2.08 bits per heavy atom. The molecule has 128 valence electrons. The molecule has 1 atom stereocenters. The van der Waals surface area contributed by atoms with Gasteiger partial charge in [0.2, 0.25) is 0 Å². The van der Waals surface area contributed by atoms with Gasteiger partial charge in [-0.2, -0.15) is 0 Å². The minimum absolute atomic E-state index is 0.0255. The van der Waals surface area contributed by atoms with Crippen molar-refractivity contribution in [3.8, 4) is 0 Å². The van der Waals surface area contributed by atoms with Crippen molar-refractivity contribution in [2.24, 2.45) is 0 Å². The molecule has 0 bridgehead atoms. The van der Waals surface area contributed by atoms with Crippen LogP contribution in [0.3, 0.4) is 0 Å². The summed E-state index contributed by atoms with van der Waals surface area (Å²) in [5.74, 6) is 0.758. The Balaban J connectivity index is 1.70. The zero-order valence-corrected chi connectivity index (χ0v) is 16.0. The molecule has 2 aromatic heterocycles. The van der Waals surface area contributed by atoms with Crippen LogP contribution in [-0.2, 0) is 6.42 Å². The molecule has 1 amide bonds. The van der Waals surface area contributed by atoms with Crippen molar-refractivity contribution < 1.29 is 9.21 Å². The summed E-state index contributed by atoms with van der Waals surface area (Å²) in [4.78, 5) is 17.9. The van der Waals surface area contributed by atoms with Crippen LogP contribution in [-0.4, -0.2) is 16.9 Å². The first kappa shape index (κ1) is 17.8. The van der Waals surface area contributed by atoms with Crippen LogP contribution in [0.2, 0.25) is 0 Å². The quantitative estimate of drug-likeness (QED) is 0.617. The molecular weight excluding hydrogens is 400 g/mol. The van der Waals surface area contributed by atoms with E-state index >= 15 is 0 Å². The summed E-state index contributed by atoms with van der Waals surface area (Å²) in [6.45, 7) is 1.96. The third-order valence-electron chi connectivity index (χ3n) is 3.51. The predicted molar refractivity (Wildman–Crippen MR) is 102 cm³/mol. The van der Waals surface area contributed by atoms with Crippen LogP contribution in [0.5, 0.6) is 0 Å². The number of carbonyl (C=O) groups is 1. The van der Waals surface area contributed by atoms with E-state index in [0.29, 0.717) is 12.0 Å². The zero-order valence-electron chi connectivity index (χ0n) is 13.6. The molecular formula is C19H17BrN2O2S. The van der Waals surface area contributed by atoms with E-state index in [1.807, 2.05) is 55.5 Å². The molecule has 0 fully saturated rings. The largest absolute Gasteiger partial charge is 0.469 e. The van der Waals surface area contributed by atoms with Gasteiger partial charge < -0.3 is 9.73 Å². The van der Waals surface area contributed by atoms with E-state index in [2.05, 4.69) is 26.2 Å². The second kappa shape index (κ2) is 8.36. The smallest absolute Gasteiger partial charge is 0.252 e. The van der Waals surface area contributed by atoms with Gasteiger partial charge in [-0.25, -0.2) is 4.98 Å². The number of furan rings is 1. The van der Waals surface area contributed by atoms with Gasteiger partial charge in [-0.3, -0.25) is 4.79 Å². The number of aromatic nitrogens is 1. The Bertz CT molecular complexity index is 835. The molecule has 6 heteroatoms. The minimum Gasteiger partial charge on any atom is -0.469 e. The second-order valence-corrected chi connectivity index (χ2v) is 7.55. The summed E-state index contributed by atoms with van der Waals surface area (Å²) >= 11 is 4.85. The van der Waals surface area contributed by atoms with Gasteiger partial charge in [0, 0.05) is 28.0 Å². The van der Waals surface area contributed by atoms with E-state index in [-0.39, 0.29) is 11.9 Å². The van der Waals surface area contributed by atoms with Crippen LogP contribution in [0.15, 0.2) is 79.8 Å². The normalized spacial score (nSPS) is 11.9. The molecule has 0 aliphatic carbocycles. The second-order valence-electron chi connectivity index (χ2n) is 5.57. The summed E-state index contributed by atoms with van der Waals surface area (Å²) in [5.41, 5.74) is 0.642. The molecule has 25 heavy (non-hydrogen) atoms. The van der Waals surface area contributed by atoms with E-state index in [4.69, 9.17) is 4.42 Å². The molecule has 1 unspecified atom stereocenters. The van der Waals surface area contributed by atoms with Crippen LogP contribution < -0.4 is 5.32 Å². The Hall–Kier alpha value is -2.05. The average molecular weight is 417 g/mol. The maximum atomic E-state index is 12.7. The highest BCUT2D eigenvalue weighted by Gasteiger charge is 2.15. The first-order chi connectivity index (χ1) is 12.1. The molecule has 0 aliphatic heterocycles. The van der Waals surface area contributed by atoms with Gasteiger partial charge in [0.1, 0.15) is 10.8 Å². The standard InChI is InChI=1S/C19H17BrN2O2S/c1-13(11-15-5-4-10-24-15)22-19(23)16-6-2-3-7-17(16)25-18-9-8-14(20)12-21-18/h2-10,12-13H,11H2,1H3,(H,22,23). The molecule has 3 rings (SSSR count). The van der Waals surface area contributed by atoms with Crippen molar-refractivity contribution in [3.05, 3.63) is 76.8 Å². The minimum atomic E-state index is -0.0979. The third-order valence-corrected chi connectivity index (χ3v) is 5.01. The molecule has 3 aromatic rings. The van der Waals surface area contributed by atoms with Crippen LogP contribution in [0.4, 0.5) is 0 Å². The molecule has 4 nitrogen and oxygen atoms in total. The lowest BCUT2D eigenvalue weighted by Crippen LogP contribution is -2.34. The Morgan fingerprint density at radius 3 is 2.80 bits per heavy atom. The van der Waals surface area contributed by atoms with E-state index in [1.165, 1.54) is 11.8 Å². The van der Waals surface area contributed by atoms with Crippen LogP contribution in [0.25, 0.3) is 0 Å². The third kappa shape index (κ3) is 4.96. The SMILES string of the molecule is CC(Cc1ccco1)NC(=O)c1ccccc1Sc1ccc(Br)cn1. The monoisotopic (exact) mass is 416 g/mol. The molecule has 0 aliphatic rings. The summed E-state index contributed by atoms with van der Waals surface area (Å²) in [5, 5.41) is 3.87. The van der Waals surface area contributed by atoms with Crippen molar-refractivity contribution in [2.45, 2.75) is 29.3 Å². The highest BCUT2D eigenvalue weighted by Crippen LogP contribution is 2.29. The Morgan fingerprint density at radius 1 is 1.24 bits per heavy atom. The number of hydrogen-bond donors (Lipinski definition) is 1. The topological polar surface area (TPSA) is 55.1 Å². The fraction of sp³-hybridized carbons (Fsp3) is 0.158. The number of hydrogen-bond acceptors (Lipinski definition) is 4. The van der Waals surface area contributed by atoms with Crippen LogP contribution in [0, 0.1) is 0 Å². The van der Waals surface area contributed by atoms with Crippen molar-refractivity contribution >= 4 is 33.6 Å². The fourth-order valence-electron chi connectivity index (χ4n) is 2.36. The van der Waals surface area contributed by atoms with Crippen molar-refractivity contribution in [1.82, 2.24) is 10.3 Å². The number of pyridine rings is 1. The average Bonchev–Trinajstić information content (AvgIpc) is 3.10. The molecule has 0 saturated carbocycles. The molecule has 0 spiro atoms. The molecule has 1 aromatic carbocycles. The van der Waals surface area contributed by atoms with E-state index in [0.717, 1.165) is 20.2 Å². The molecule has 0 saturated heterocycles. The lowest BCUT2D eigenvalue weighted by molar-refractivity contribution is 0.0936. The predicted octanol–water partition coefficient (Wildman–Crippen LogP) is 4.95. The number of nitrogens with zero attached hydrogens (tertiary/aromatic N) is 1. The van der Waals surface area contributed by atoms with Crippen LogP contribution in [0.1, 0.15) is 23.0 Å². The Kier molecular flexibility index (Phi) is 5.94. The maximum Gasteiger partial charge on any atom is 0.252 e. The van der Waals surface area contributed by atoms with Gasteiger partial charge in [0.15, 0.2) is 0 Å². The highest BCUT2D eigenvalue weighted by atomic mass is 79.9. The van der Waals surface area contributed by atoms with E-state index in [1.54, 1.807) is 12.5 Å². The molecule has 1 N–H and O–H groups in total. The summed E-state index contributed by atoms with van der Waals surface area (Å²) in [6.07, 6.45) is 4.04. The number of halogens is 1. The van der Waals surface area contributed by atoms with Gasteiger partial charge in [0.05, 0.1) is 11.8 Å². The van der Waals surface area contributed by atoms with Gasteiger partial charge >= 0.3 is 0 Å².